The Labute approximate surface area is 98.0 Å². The van der Waals surface area contributed by atoms with Crippen LogP contribution in [0.1, 0.15) is 11.1 Å². The monoisotopic (exact) mass is 273 g/mol. The van der Waals surface area contributed by atoms with E-state index in [4.69, 9.17) is 5.73 Å². The molecule has 0 radical (unpaired) electrons. The Balaban J connectivity index is 3.19. The highest BCUT2D eigenvalue weighted by molar-refractivity contribution is 5.30. The molecule has 8 heteroatoms. The molecule has 0 unspecified atom stereocenters. The Morgan fingerprint density at radius 2 is 1.28 bits per heavy atom. The Morgan fingerprint density at radius 1 is 0.889 bits per heavy atom. The van der Waals surface area contributed by atoms with Crippen LogP contribution in [-0.2, 0) is 11.8 Å². The van der Waals surface area contributed by atoms with Gasteiger partial charge in [-0.05, 0) is 17.7 Å². The molecule has 0 amide bonds. The smallest absolute Gasteiger partial charge is 0.375 e. The number of rotatable bonds is 2. The van der Waals surface area contributed by atoms with Crippen LogP contribution >= 0.6 is 0 Å². The van der Waals surface area contributed by atoms with Gasteiger partial charge >= 0.3 is 12.4 Å². The highest BCUT2D eigenvalue weighted by atomic mass is 19.4. The number of hydrogen-bond acceptors (Lipinski definition) is 2. The lowest BCUT2D eigenvalue weighted by Gasteiger charge is -2.29. The maximum Gasteiger partial charge on any atom is 0.422 e. The average Bonchev–Trinajstić information content (AvgIpc) is 2.25. The standard InChI is InChI=1S/C10H9F6NO/c11-9(12,13)7-3-1-6(2-4-7)8(18,5-17)10(14,15)16/h1-4,18H,5,17H2/t8-/m1/s1. The largest absolute Gasteiger partial charge is 0.422 e. The second-order valence-corrected chi connectivity index (χ2v) is 3.64. The number of benzene rings is 1. The second-order valence-electron chi connectivity index (χ2n) is 3.64. The van der Waals surface area contributed by atoms with Crippen molar-refractivity contribution in [3.05, 3.63) is 35.4 Å². The van der Waals surface area contributed by atoms with E-state index in [1.54, 1.807) is 0 Å². The van der Waals surface area contributed by atoms with Gasteiger partial charge in [-0.1, -0.05) is 12.1 Å². The van der Waals surface area contributed by atoms with Crippen LogP contribution in [0.15, 0.2) is 24.3 Å². The van der Waals surface area contributed by atoms with Crippen LogP contribution in [0, 0.1) is 0 Å². The number of hydrogen-bond donors (Lipinski definition) is 2. The van der Waals surface area contributed by atoms with E-state index in [1.165, 1.54) is 0 Å². The first-order valence-electron chi connectivity index (χ1n) is 4.69. The summed E-state index contributed by atoms with van der Waals surface area (Å²) in [6.07, 6.45) is -9.72. The molecule has 0 spiro atoms. The summed E-state index contributed by atoms with van der Waals surface area (Å²) < 4.78 is 74.4. The molecule has 3 N–H and O–H groups in total. The minimum Gasteiger partial charge on any atom is -0.375 e. The maximum atomic E-state index is 12.6. The first-order chi connectivity index (χ1) is 8.02. The Hall–Kier alpha value is -1.28. The van der Waals surface area contributed by atoms with Gasteiger partial charge in [-0.25, -0.2) is 0 Å². The first-order valence-corrected chi connectivity index (χ1v) is 4.69. The van der Waals surface area contributed by atoms with Gasteiger partial charge in [0, 0.05) is 6.54 Å². The van der Waals surface area contributed by atoms with Crippen molar-refractivity contribution < 1.29 is 31.4 Å². The third-order valence-corrected chi connectivity index (χ3v) is 2.45. The van der Waals surface area contributed by atoms with E-state index < -0.39 is 35.6 Å². The second kappa shape index (κ2) is 4.43. The van der Waals surface area contributed by atoms with E-state index >= 15 is 0 Å². The fourth-order valence-electron chi connectivity index (χ4n) is 1.33. The van der Waals surface area contributed by atoms with Gasteiger partial charge in [0.1, 0.15) is 0 Å². The van der Waals surface area contributed by atoms with E-state index in [9.17, 15) is 31.4 Å². The van der Waals surface area contributed by atoms with Crippen molar-refractivity contribution in [2.24, 2.45) is 5.73 Å². The predicted molar refractivity (Wildman–Crippen MR) is 50.5 cm³/mol. The third kappa shape index (κ3) is 2.59. The molecule has 102 valence electrons. The molecule has 0 aliphatic carbocycles. The highest BCUT2D eigenvalue weighted by Gasteiger charge is 2.54. The maximum absolute atomic E-state index is 12.6. The lowest BCUT2D eigenvalue weighted by Crippen LogP contribution is -2.48. The van der Waals surface area contributed by atoms with Crippen molar-refractivity contribution in [2.75, 3.05) is 6.54 Å². The zero-order valence-electron chi connectivity index (χ0n) is 8.81. The van der Waals surface area contributed by atoms with Crippen molar-refractivity contribution in [2.45, 2.75) is 18.0 Å². The number of aliphatic hydroxyl groups is 1. The van der Waals surface area contributed by atoms with Gasteiger partial charge < -0.3 is 10.8 Å². The molecule has 1 aromatic rings. The van der Waals surface area contributed by atoms with E-state index in [2.05, 4.69) is 0 Å². The summed E-state index contributed by atoms with van der Waals surface area (Å²) in [5.74, 6) is 0. The molecule has 0 heterocycles. The lowest BCUT2D eigenvalue weighted by atomic mass is 9.92. The van der Waals surface area contributed by atoms with E-state index in [-0.39, 0.29) is 0 Å². The van der Waals surface area contributed by atoms with Gasteiger partial charge in [0.05, 0.1) is 5.56 Å². The molecule has 1 rings (SSSR count). The van der Waals surface area contributed by atoms with Crippen LogP contribution in [0.2, 0.25) is 0 Å². The molecule has 18 heavy (non-hydrogen) atoms. The van der Waals surface area contributed by atoms with Gasteiger partial charge in [-0.15, -0.1) is 0 Å². The van der Waals surface area contributed by atoms with Crippen LogP contribution in [0.3, 0.4) is 0 Å². The van der Waals surface area contributed by atoms with Gasteiger partial charge in [-0.2, -0.15) is 26.3 Å². The molecule has 0 bridgehead atoms. The van der Waals surface area contributed by atoms with Crippen LogP contribution in [0.4, 0.5) is 26.3 Å². The van der Waals surface area contributed by atoms with Crippen molar-refractivity contribution in [1.82, 2.24) is 0 Å². The summed E-state index contributed by atoms with van der Waals surface area (Å²) in [5, 5.41) is 9.39. The van der Waals surface area contributed by atoms with Crippen LogP contribution in [0.5, 0.6) is 0 Å². The summed E-state index contributed by atoms with van der Waals surface area (Å²) in [6, 6.07) is 2.04. The SMILES string of the molecule is NC[C@@](O)(c1ccc(C(F)(F)F)cc1)C(F)(F)F. The van der Waals surface area contributed by atoms with E-state index in [0.717, 1.165) is 0 Å². The van der Waals surface area contributed by atoms with Gasteiger partial charge in [0.2, 0.25) is 0 Å². The molecular formula is C10H9F6NO. The first kappa shape index (κ1) is 14.8. The molecule has 0 fully saturated rings. The Bertz CT molecular complexity index is 410. The molecule has 0 aliphatic rings. The predicted octanol–water partition coefficient (Wildman–Crippen LogP) is 2.41. The molecule has 0 saturated heterocycles. The fraction of sp³-hybridized carbons (Fsp3) is 0.400. The van der Waals surface area contributed by atoms with Crippen LogP contribution in [0.25, 0.3) is 0 Å². The third-order valence-electron chi connectivity index (χ3n) is 2.45. The van der Waals surface area contributed by atoms with Crippen molar-refractivity contribution in [3.63, 3.8) is 0 Å². The fourth-order valence-corrected chi connectivity index (χ4v) is 1.33. The van der Waals surface area contributed by atoms with Gasteiger partial charge in [0.15, 0.2) is 5.60 Å². The number of nitrogens with two attached hydrogens (primary N) is 1. The minimum atomic E-state index is -5.07. The Morgan fingerprint density at radius 3 is 1.56 bits per heavy atom. The summed E-state index contributed by atoms with van der Waals surface area (Å²) >= 11 is 0. The van der Waals surface area contributed by atoms with Gasteiger partial charge in [-0.3, -0.25) is 0 Å². The summed E-state index contributed by atoms with van der Waals surface area (Å²) in [7, 11) is 0. The summed E-state index contributed by atoms with van der Waals surface area (Å²) in [6.45, 7) is -1.18. The molecule has 1 aromatic carbocycles. The van der Waals surface area contributed by atoms with Crippen molar-refractivity contribution in [1.29, 1.82) is 0 Å². The number of halogens is 6. The van der Waals surface area contributed by atoms with Crippen LogP contribution < -0.4 is 5.73 Å². The molecular weight excluding hydrogens is 264 g/mol. The van der Waals surface area contributed by atoms with Gasteiger partial charge in [0.25, 0.3) is 0 Å². The van der Waals surface area contributed by atoms with E-state index in [1.807, 2.05) is 0 Å². The average molecular weight is 273 g/mol. The van der Waals surface area contributed by atoms with Crippen molar-refractivity contribution in [3.8, 4) is 0 Å². The molecule has 0 saturated carbocycles. The topological polar surface area (TPSA) is 46.2 Å². The minimum absolute atomic E-state index is 0.460. The Kier molecular flexibility index (Phi) is 3.64. The molecule has 0 aliphatic heterocycles. The molecule has 1 atom stereocenters. The summed E-state index contributed by atoms with van der Waals surface area (Å²) in [5.41, 5.74) is -0.328. The lowest BCUT2D eigenvalue weighted by molar-refractivity contribution is -0.262. The van der Waals surface area contributed by atoms with Crippen LogP contribution in [-0.4, -0.2) is 17.8 Å². The highest BCUT2D eigenvalue weighted by Crippen LogP contribution is 2.39. The normalized spacial score (nSPS) is 16.4. The summed E-state index contributed by atoms with van der Waals surface area (Å²) in [4.78, 5) is 0. The van der Waals surface area contributed by atoms with Crippen molar-refractivity contribution >= 4 is 0 Å². The zero-order chi connectivity index (χ0) is 14.2. The molecule has 0 aromatic heterocycles. The quantitative estimate of drug-likeness (QED) is 0.813. The van der Waals surface area contributed by atoms with E-state index in [0.29, 0.717) is 24.3 Å². The molecule has 2 nitrogen and oxygen atoms in total. The zero-order valence-corrected chi connectivity index (χ0v) is 8.81. The number of alkyl halides is 6.